The monoisotopic (exact) mass is 468 g/mol. The molecule has 0 radical (unpaired) electrons. The van der Waals surface area contributed by atoms with Crippen LogP contribution < -0.4 is 19.7 Å². The summed E-state index contributed by atoms with van der Waals surface area (Å²) in [4.78, 5) is 26.2. The number of rotatable bonds is 6. The number of methoxy groups -OCH3 is 1. The van der Waals surface area contributed by atoms with E-state index in [1.54, 1.807) is 60.7 Å². The number of halogens is 2. The number of amides is 3. The molecule has 0 bridgehead atoms. The van der Waals surface area contributed by atoms with Crippen LogP contribution in [0.4, 0.5) is 10.5 Å². The average molecular weight is 469 g/mol. The number of carbonyl (C=O) groups is 2. The first-order valence-corrected chi connectivity index (χ1v) is 10.4. The summed E-state index contributed by atoms with van der Waals surface area (Å²) >= 11 is 11.9. The van der Waals surface area contributed by atoms with Gasteiger partial charge in [-0.15, -0.1) is 0 Å². The van der Waals surface area contributed by atoms with Crippen molar-refractivity contribution >= 4 is 46.9 Å². The van der Waals surface area contributed by atoms with E-state index in [0.29, 0.717) is 39.4 Å². The molecule has 8 heteroatoms. The molecule has 32 heavy (non-hydrogen) atoms. The minimum absolute atomic E-state index is 0.145. The predicted molar refractivity (Wildman–Crippen MR) is 124 cm³/mol. The Bertz CT molecular complexity index is 1210. The van der Waals surface area contributed by atoms with Gasteiger partial charge in [-0.1, -0.05) is 47.5 Å². The fourth-order valence-corrected chi connectivity index (χ4v) is 3.50. The quantitative estimate of drug-likeness (QED) is 0.373. The number of ether oxygens (including phenoxy) is 2. The number of nitrogens with zero attached hydrogens (tertiary/aromatic N) is 1. The van der Waals surface area contributed by atoms with E-state index in [1.807, 2.05) is 12.1 Å². The summed E-state index contributed by atoms with van der Waals surface area (Å²) in [6.07, 6.45) is 1.58. The number of hydrogen-bond donors (Lipinski definition) is 1. The largest absolute Gasteiger partial charge is 0.493 e. The predicted octanol–water partition coefficient (Wildman–Crippen LogP) is 5.68. The number of anilines is 1. The first-order valence-electron chi connectivity index (χ1n) is 9.62. The van der Waals surface area contributed by atoms with Crippen molar-refractivity contribution in [3.8, 4) is 11.5 Å². The second-order valence-electron chi connectivity index (χ2n) is 6.93. The normalized spacial score (nSPS) is 14.6. The first kappa shape index (κ1) is 21.7. The number of imide groups is 1. The van der Waals surface area contributed by atoms with Crippen LogP contribution in [-0.2, 0) is 11.4 Å². The summed E-state index contributed by atoms with van der Waals surface area (Å²) in [5, 5.41) is 3.68. The SMILES string of the molecule is COc1cc(/C=C2/NC(=O)N(c3cccc(Cl)c3)C2=O)ccc1OCc1ccc(Cl)cc1. The van der Waals surface area contributed by atoms with Gasteiger partial charge in [0.2, 0.25) is 0 Å². The molecule has 6 nitrogen and oxygen atoms in total. The third-order valence-electron chi connectivity index (χ3n) is 4.75. The third kappa shape index (κ3) is 4.72. The summed E-state index contributed by atoms with van der Waals surface area (Å²) in [5.41, 5.74) is 2.17. The van der Waals surface area contributed by atoms with Crippen molar-refractivity contribution in [1.82, 2.24) is 5.32 Å². The van der Waals surface area contributed by atoms with Gasteiger partial charge in [0.15, 0.2) is 11.5 Å². The van der Waals surface area contributed by atoms with Gasteiger partial charge in [-0.2, -0.15) is 0 Å². The Kier molecular flexibility index (Phi) is 6.35. The molecule has 0 aromatic heterocycles. The van der Waals surface area contributed by atoms with Crippen molar-refractivity contribution in [2.75, 3.05) is 12.0 Å². The molecule has 4 rings (SSSR count). The maximum Gasteiger partial charge on any atom is 0.333 e. The molecule has 1 saturated heterocycles. The standard InChI is InChI=1S/C24H18Cl2N2O4/c1-31-22-12-16(7-10-21(22)32-14-15-5-8-17(25)9-6-15)11-20-23(29)28(24(30)27-20)19-4-2-3-18(26)13-19/h2-13H,14H2,1H3,(H,27,30)/b20-11+. The number of nitrogens with one attached hydrogen (secondary N) is 1. The number of benzene rings is 3. The van der Waals surface area contributed by atoms with Gasteiger partial charge in [0.25, 0.3) is 5.91 Å². The highest BCUT2D eigenvalue weighted by Gasteiger charge is 2.34. The van der Waals surface area contributed by atoms with Gasteiger partial charge in [-0.05, 0) is 59.7 Å². The minimum atomic E-state index is -0.543. The molecule has 1 heterocycles. The van der Waals surface area contributed by atoms with Gasteiger partial charge >= 0.3 is 6.03 Å². The molecule has 1 aliphatic rings. The highest BCUT2D eigenvalue weighted by atomic mass is 35.5. The van der Waals surface area contributed by atoms with Crippen LogP contribution in [0.5, 0.6) is 11.5 Å². The summed E-state index contributed by atoms with van der Waals surface area (Å²) in [6, 6.07) is 18.6. The summed E-state index contributed by atoms with van der Waals surface area (Å²) in [6.45, 7) is 0.344. The van der Waals surface area contributed by atoms with Gasteiger partial charge in [-0.25, -0.2) is 9.69 Å². The third-order valence-corrected chi connectivity index (χ3v) is 5.24. The maximum absolute atomic E-state index is 12.8. The maximum atomic E-state index is 12.8. The number of carbonyl (C=O) groups excluding carboxylic acids is 2. The van der Waals surface area contributed by atoms with Crippen molar-refractivity contribution in [3.63, 3.8) is 0 Å². The van der Waals surface area contributed by atoms with E-state index in [4.69, 9.17) is 32.7 Å². The van der Waals surface area contributed by atoms with Gasteiger partial charge in [0, 0.05) is 10.0 Å². The lowest BCUT2D eigenvalue weighted by atomic mass is 10.1. The second kappa shape index (κ2) is 9.34. The van der Waals surface area contributed by atoms with Gasteiger partial charge in [-0.3, -0.25) is 4.79 Å². The minimum Gasteiger partial charge on any atom is -0.493 e. The van der Waals surface area contributed by atoms with Crippen LogP contribution >= 0.6 is 23.2 Å². The second-order valence-corrected chi connectivity index (χ2v) is 7.81. The molecule has 3 aromatic rings. The van der Waals surface area contributed by atoms with Crippen LogP contribution in [0.3, 0.4) is 0 Å². The van der Waals surface area contributed by atoms with E-state index >= 15 is 0 Å². The lowest BCUT2D eigenvalue weighted by Gasteiger charge is -2.12. The molecule has 0 atom stereocenters. The molecule has 162 valence electrons. The van der Waals surface area contributed by atoms with Crippen molar-refractivity contribution in [3.05, 3.63) is 93.6 Å². The van der Waals surface area contributed by atoms with Crippen LogP contribution in [0.1, 0.15) is 11.1 Å². The highest BCUT2D eigenvalue weighted by Crippen LogP contribution is 2.31. The summed E-state index contributed by atoms with van der Waals surface area (Å²) in [5.74, 6) is 0.572. The van der Waals surface area contributed by atoms with E-state index < -0.39 is 11.9 Å². The first-order chi connectivity index (χ1) is 15.4. The van der Waals surface area contributed by atoms with Crippen molar-refractivity contribution in [2.45, 2.75) is 6.61 Å². The summed E-state index contributed by atoms with van der Waals surface area (Å²) < 4.78 is 11.3. The highest BCUT2D eigenvalue weighted by molar-refractivity contribution is 6.32. The lowest BCUT2D eigenvalue weighted by molar-refractivity contribution is -0.113. The van der Waals surface area contributed by atoms with Crippen LogP contribution in [0.15, 0.2) is 72.4 Å². The Morgan fingerprint density at radius 1 is 0.938 bits per heavy atom. The van der Waals surface area contributed by atoms with Crippen molar-refractivity contribution < 1.29 is 19.1 Å². The molecule has 1 N–H and O–H groups in total. The van der Waals surface area contributed by atoms with Crippen LogP contribution in [0.2, 0.25) is 10.0 Å². The van der Waals surface area contributed by atoms with Crippen molar-refractivity contribution in [1.29, 1.82) is 0 Å². The molecular weight excluding hydrogens is 451 g/mol. The van der Waals surface area contributed by atoms with E-state index in [1.165, 1.54) is 7.11 Å². The van der Waals surface area contributed by atoms with E-state index in [9.17, 15) is 9.59 Å². The van der Waals surface area contributed by atoms with E-state index in [2.05, 4.69) is 5.32 Å². The zero-order valence-corrected chi connectivity index (χ0v) is 18.5. The van der Waals surface area contributed by atoms with Gasteiger partial charge < -0.3 is 14.8 Å². The lowest BCUT2D eigenvalue weighted by Crippen LogP contribution is -2.30. The smallest absolute Gasteiger partial charge is 0.333 e. The average Bonchev–Trinajstić information content (AvgIpc) is 3.06. The van der Waals surface area contributed by atoms with E-state index in [0.717, 1.165) is 10.5 Å². The van der Waals surface area contributed by atoms with Crippen LogP contribution in [-0.4, -0.2) is 19.0 Å². The molecular formula is C24H18Cl2N2O4. The Morgan fingerprint density at radius 2 is 1.72 bits per heavy atom. The fraction of sp³-hybridized carbons (Fsp3) is 0.0833. The van der Waals surface area contributed by atoms with Crippen LogP contribution in [0.25, 0.3) is 6.08 Å². The van der Waals surface area contributed by atoms with Crippen LogP contribution in [0, 0.1) is 0 Å². The number of hydrogen-bond acceptors (Lipinski definition) is 4. The Hall–Kier alpha value is -3.48. The van der Waals surface area contributed by atoms with E-state index in [-0.39, 0.29) is 5.70 Å². The van der Waals surface area contributed by atoms with Gasteiger partial charge in [0.05, 0.1) is 12.8 Å². The molecule has 1 fully saturated rings. The molecule has 0 spiro atoms. The van der Waals surface area contributed by atoms with Gasteiger partial charge in [0.1, 0.15) is 12.3 Å². The Morgan fingerprint density at radius 3 is 2.44 bits per heavy atom. The molecule has 0 unspecified atom stereocenters. The fourth-order valence-electron chi connectivity index (χ4n) is 3.19. The van der Waals surface area contributed by atoms with Crippen molar-refractivity contribution in [2.24, 2.45) is 0 Å². The molecule has 0 saturated carbocycles. The molecule has 1 aliphatic heterocycles. The zero-order valence-electron chi connectivity index (χ0n) is 17.0. The Balaban J connectivity index is 1.53. The summed E-state index contributed by atoms with van der Waals surface area (Å²) in [7, 11) is 1.53. The topological polar surface area (TPSA) is 67.9 Å². The molecule has 3 aromatic carbocycles. The Labute approximate surface area is 195 Å². The molecule has 0 aliphatic carbocycles. The number of urea groups is 1. The zero-order chi connectivity index (χ0) is 22.7. The molecule has 3 amide bonds.